The van der Waals surface area contributed by atoms with E-state index in [9.17, 15) is 14.0 Å². The van der Waals surface area contributed by atoms with Crippen LogP contribution in [0.2, 0.25) is 0 Å². The van der Waals surface area contributed by atoms with Gasteiger partial charge in [0.1, 0.15) is 11.3 Å². The second-order valence-corrected chi connectivity index (χ2v) is 5.42. The van der Waals surface area contributed by atoms with Gasteiger partial charge in [0, 0.05) is 13.0 Å². The molecule has 0 unspecified atom stereocenters. The molecule has 1 aromatic carbocycles. The number of aliphatic carboxylic acids is 1. The molecule has 0 bridgehead atoms. The van der Waals surface area contributed by atoms with Crippen molar-refractivity contribution in [3.63, 3.8) is 0 Å². The number of aromatic nitrogens is 2. The van der Waals surface area contributed by atoms with Crippen molar-refractivity contribution in [2.24, 2.45) is 0 Å². The smallest absolute Gasteiger partial charge is 0.303 e. The lowest BCUT2D eigenvalue weighted by Gasteiger charge is -2.06. The molecule has 2 rings (SSSR count). The minimum absolute atomic E-state index is 0.204. The molecule has 0 spiro atoms. The van der Waals surface area contributed by atoms with E-state index in [1.807, 2.05) is 0 Å². The van der Waals surface area contributed by atoms with Gasteiger partial charge in [0.2, 0.25) is 0 Å². The number of carbonyl (C=O) groups is 2. The van der Waals surface area contributed by atoms with Crippen LogP contribution >= 0.6 is 0 Å². The van der Waals surface area contributed by atoms with Crippen molar-refractivity contribution in [2.45, 2.75) is 38.5 Å². The number of carboxylic acid groups (broad SMARTS) is 1. The first-order chi connectivity index (χ1) is 11.1. The number of aromatic amines is 1. The molecule has 7 heteroatoms. The zero-order valence-corrected chi connectivity index (χ0v) is 12.8. The minimum Gasteiger partial charge on any atom is -0.481 e. The van der Waals surface area contributed by atoms with Gasteiger partial charge in [-0.1, -0.05) is 19.3 Å². The number of fused-ring (bicyclic) bond motifs is 1. The fourth-order valence-electron chi connectivity index (χ4n) is 2.42. The molecule has 6 nitrogen and oxygen atoms in total. The average molecular weight is 321 g/mol. The highest BCUT2D eigenvalue weighted by Crippen LogP contribution is 2.17. The van der Waals surface area contributed by atoms with Gasteiger partial charge in [-0.25, -0.2) is 9.37 Å². The number of nitrogens with one attached hydrogen (secondary N) is 2. The van der Waals surface area contributed by atoms with Gasteiger partial charge in [-0.3, -0.25) is 9.59 Å². The van der Waals surface area contributed by atoms with Crippen LogP contribution in [-0.4, -0.2) is 33.5 Å². The van der Waals surface area contributed by atoms with Gasteiger partial charge in [0.15, 0.2) is 0 Å². The van der Waals surface area contributed by atoms with E-state index >= 15 is 0 Å². The lowest BCUT2D eigenvalue weighted by Crippen LogP contribution is -2.24. The molecule has 0 fully saturated rings. The SMILES string of the molecule is O=C(O)CCCCCCCNC(=O)c1cc(F)cc2[nH]cnc12. The Kier molecular flexibility index (Phi) is 6.08. The van der Waals surface area contributed by atoms with Gasteiger partial charge in [-0.2, -0.15) is 0 Å². The zero-order chi connectivity index (χ0) is 16.7. The van der Waals surface area contributed by atoms with Gasteiger partial charge >= 0.3 is 5.97 Å². The summed E-state index contributed by atoms with van der Waals surface area (Å²) < 4.78 is 13.5. The number of nitrogens with zero attached hydrogens (tertiary/aromatic N) is 1. The Labute approximate surface area is 133 Å². The van der Waals surface area contributed by atoms with Crippen LogP contribution < -0.4 is 5.32 Å². The van der Waals surface area contributed by atoms with Crippen molar-refractivity contribution in [2.75, 3.05) is 6.54 Å². The summed E-state index contributed by atoms with van der Waals surface area (Å²) in [7, 11) is 0. The van der Waals surface area contributed by atoms with Gasteiger partial charge in [0.05, 0.1) is 17.4 Å². The highest BCUT2D eigenvalue weighted by atomic mass is 19.1. The molecule has 1 amide bonds. The number of unbranched alkanes of at least 4 members (excludes halogenated alkanes) is 4. The van der Waals surface area contributed by atoms with E-state index in [4.69, 9.17) is 5.11 Å². The highest BCUT2D eigenvalue weighted by molar-refractivity contribution is 6.04. The fraction of sp³-hybridized carbons (Fsp3) is 0.438. The summed E-state index contributed by atoms with van der Waals surface area (Å²) in [6.45, 7) is 0.500. The second-order valence-electron chi connectivity index (χ2n) is 5.42. The van der Waals surface area contributed by atoms with Crippen LogP contribution in [0.15, 0.2) is 18.5 Å². The number of hydrogen-bond donors (Lipinski definition) is 3. The van der Waals surface area contributed by atoms with E-state index in [0.717, 1.165) is 25.7 Å². The summed E-state index contributed by atoms with van der Waals surface area (Å²) >= 11 is 0. The maximum Gasteiger partial charge on any atom is 0.303 e. The molecule has 0 aliphatic carbocycles. The van der Waals surface area contributed by atoms with Crippen LogP contribution in [0.4, 0.5) is 4.39 Å². The van der Waals surface area contributed by atoms with E-state index in [1.54, 1.807) is 0 Å². The molecular weight excluding hydrogens is 301 g/mol. The molecule has 0 aliphatic rings. The third-order valence-electron chi connectivity index (χ3n) is 3.59. The maximum absolute atomic E-state index is 13.5. The number of rotatable bonds is 9. The van der Waals surface area contributed by atoms with Crippen molar-refractivity contribution < 1.29 is 19.1 Å². The number of benzene rings is 1. The molecule has 2 aromatic rings. The first-order valence-electron chi connectivity index (χ1n) is 7.70. The number of hydrogen-bond acceptors (Lipinski definition) is 3. The summed E-state index contributed by atoms with van der Waals surface area (Å²) in [6, 6.07) is 2.49. The molecule has 0 saturated carbocycles. The lowest BCUT2D eigenvalue weighted by atomic mass is 10.1. The van der Waals surface area contributed by atoms with Crippen LogP contribution in [-0.2, 0) is 4.79 Å². The third kappa shape index (κ3) is 5.05. The summed E-state index contributed by atoms with van der Waals surface area (Å²) in [5.74, 6) is -1.59. The normalized spacial score (nSPS) is 10.8. The van der Waals surface area contributed by atoms with Crippen molar-refractivity contribution in [1.29, 1.82) is 0 Å². The quantitative estimate of drug-likeness (QED) is 0.619. The minimum atomic E-state index is -0.767. The van der Waals surface area contributed by atoms with Crippen LogP contribution in [0.5, 0.6) is 0 Å². The molecule has 1 heterocycles. The summed E-state index contributed by atoms with van der Waals surface area (Å²) in [6.07, 6.45) is 5.85. The van der Waals surface area contributed by atoms with Crippen LogP contribution in [0, 0.1) is 5.82 Å². The van der Waals surface area contributed by atoms with Crippen molar-refractivity contribution in [3.05, 3.63) is 29.8 Å². The molecule has 0 radical (unpaired) electrons. The largest absolute Gasteiger partial charge is 0.481 e. The topological polar surface area (TPSA) is 95.1 Å². The number of H-pyrrole nitrogens is 1. The van der Waals surface area contributed by atoms with Gasteiger partial charge in [-0.05, 0) is 25.0 Å². The van der Waals surface area contributed by atoms with Crippen molar-refractivity contribution >= 4 is 22.9 Å². The number of carboxylic acids is 1. The van der Waals surface area contributed by atoms with E-state index in [1.165, 1.54) is 18.5 Å². The molecule has 0 atom stereocenters. The van der Waals surface area contributed by atoms with Gasteiger partial charge in [-0.15, -0.1) is 0 Å². The first kappa shape index (κ1) is 16.9. The number of carbonyl (C=O) groups excluding carboxylic acids is 1. The summed E-state index contributed by atoms with van der Waals surface area (Å²) in [4.78, 5) is 29.3. The Morgan fingerprint density at radius 1 is 1.17 bits per heavy atom. The van der Waals surface area contributed by atoms with E-state index in [-0.39, 0.29) is 17.9 Å². The third-order valence-corrected chi connectivity index (χ3v) is 3.59. The Balaban J connectivity index is 1.72. The van der Waals surface area contributed by atoms with E-state index in [2.05, 4.69) is 15.3 Å². The monoisotopic (exact) mass is 321 g/mol. The Morgan fingerprint density at radius 2 is 1.91 bits per heavy atom. The van der Waals surface area contributed by atoms with Gasteiger partial charge in [0.25, 0.3) is 5.91 Å². The Hall–Kier alpha value is -2.44. The number of amides is 1. The van der Waals surface area contributed by atoms with Crippen molar-refractivity contribution in [1.82, 2.24) is 15.3 Å². The standard InChI is InChI=1S/C16H20FN3O3/c17-11-8-12(15-13(9-11)19-10-20-15)16(23)18-7-5-3-1-2-4-6-14(21)22/h8-10H,1-7H2,(H,18,23)(H,19,20)(H,21,22). The maximum atomic E-state index is 13.5. The number of imidazole rings is 1. The Bertz CT molecular complexity index is 684. The second kappa shape index (κ2) is 8.26. The zero-order valence-electron chi connectivity index (χ0n) is 12.8. The molecule has 0 aliphatic heterocycles. The van der Waals surface area contributed by atoms with Crippen molar-refractivity contribution in [3.8, 4) is 0 Å². The molecule has 124 valence electrons. The molecule has 23 heavy (non-hydrogen) atoms. The molecule has 3 N–H and O–H groups in total. The molecule has 0 saturated heterocycles. The number of halogens is 1. The van der Waals surface area contributed by atoms with Crippen LogP contribution in [0.1, 0.15) is 48.9 Å². The summed E-state index contributed by atoms with van der Waals surface area (Å²) in [5, 5.41) is 11.3. The average Bonchev–Trinajstić information content (AvgIpc) is 2.96. The lowest BCUT2D eigenvalue weighted by molar-refractivity contribution is -0.137. The molecular formula is C16H20FN3O3. The molecule has 1 aromatic heterocycles. The Morgan fingerprint density at radius 3 is 2.70 bits per heavy atom. The predicted octanol–water partition coefficient (Wildman–Crippen LogP) is 2.86. The first-order valence-corrected chi connectivity index (χ1v) is 7.70. The van der Waals surface area contributed by atoms with Crippen LogP contribution in [0.25, 0.3) is 11.0 Å². The van der Waals surface area contributed by atoms with E-state index < -0.39 is 11.8 Å². The van der Waals surface area contributed by atoms with Gasteiger partial charge < -0.3 is 15.4 Å². The fourth-order valence-corrected chi connectivity index (χ4v) is 2.42. The summed E-state index contributed by atoms with van der Waals surface area (Å²) in [5.41, 5.74) is 1.17. The van der Waals surface area contributed by atoms with Crippen LogP contribution in [0.3, 0.4) is 0 Å². The highest BCUT2D eigenvalue weighted by Gasteiger charge is 2.13. The predicted molar refractivity (Wildman–Crippen MR) is 83.7 cm³/mol. The van der Waals surface area contributed by atoms with E-state index in [0.29, 0.717) is 24.0 Å².